The third kappa shape index (κ3) is 8.93. The summed E-state index contributed by atoms with van der Waals surface area (Å²) >= 11 is 0. The van der Waals surface area contributed by atoms with Crippen LogP contribution in [0, 0.1) is 17.8 Å². The molecule has 1 saturated heterocycles. The Labute approximate surface area is 324 Å². The number of aliphatic hydroxyl groups is 2. The van der Waals surface area contributed by atoms with Gasteiger partial charge < -0.3 is 43.6 Å². The molecule has 0 spiro atoms. The summed E-state index contributed by atoms with van der Waals surface area (Å²) in [6.45, 7) is 6.89. The number of carbonyl (C=O) groups excluding carboxylic acids is 2. The Morgan fingerprint density at radius 1 is 1.07 bits per heavy atom. The van der Waals surface area contributed by atoms with Crippen molar-refractivity contribution in [2.24, 2.45) is 22.9 Å². The fraction of sp³-hybridized carbons (Fsp3) is 0.558. The molecule has 2 aromatic rings. The average molecular weight is 761 g/mol. The molecule has 1 unspecified atom stereocenters. The number of fused-ring (bicyclic) bond motifs is 2. The van der Waals surface area contributed by atoms with Gasteiger partial charge in [0.05, 0.1) is 31.5 Å². The highest BCUT2D eigenvalue weighted by molar-refractivity contribution is 6.03. The lowest BCUT2D eigenvalue weighted by Gasteiger charge is -2.59. The first-order chi connectivity index (χ1) is 26.9. The van der Waals surface area contributed by atoms with Crippen LogP contribution in [0.25, 0.3) is 0 Å². The fourth-order valence-corrected chi connectivity index (χ4v) is 8.85. The van der Waals surface area contributed by atoms with Crippen molar-refractivity contribution < 1.29 is 48.3 Å². The Hall–Kier alpha value is -4.23. The first-order valence-corrected chi connectivity index (χ1v) is 19.9. The van der Waals surface area contributed by atoms with Crippen molar-refractivity contribution in [3.05, 3.63) is 77.9 Å². The molecule has 55 heavy (non-hydrogen) atoms. The second-order valence-electron chi connectivity index (χ2n) is 14.8. The van der Waals surface area contributed by atoms with Crippen molar-refractivity contribution in [3.8, 4) is 17.2 Å². The molecule has 7 atom stereocenters. The van der Waals surface area contributed by atoms with E-state index >= 15 is 0 Å². The van der Waals surface area contributed by atoms with Gasteiger partial charge in [0.1, 0.15) is 29.6 Å². The first-order valence-electron chi connectivity index (χ1n) is 19.9. The fourth-order valence-electron chi connectivity index (χ4n) is 8.85. The van der Waals surface area contributed by atoms with Crippen molar-refractivity contribution in [2.45, 2.75) is 95.2 Å². The molecule has 6 rings (SSSR count). The zero-order chi connectivity index (χ0) is 38.8. The molecule has 0 bridgehead atoms. The molecule has 12 heteroatoms. The van der Waals surface area contributed by atoms with Gasteiger partial charge in [-0.2, -0.15) is 0 Å². The summed E-state index contributed by atoms with van der Waals surface area (Å²) in [5.74, 6) is -0.220. The Morgan fingerprint density at radius 3 is 2.60 bits per heavy atom. The van der Waals surface area contributed by atoms with E-state index in [0.717, 1.165) is 62.4 Å². The molecular weight excluding hydrogens is 704 g/mol. The number of amides is 1. The molecule has 2 aliphatic carbocycles. The zero-order valence-electron chi connectivity index (χ0n) is 32.1. The van der Waals surface area contributed by atoms with Crippen LogP contribution in [0.3, 0.4) is 0 Å². The van der Waals surface area contributed by atoms with Crippen LogP contribution in [0.2, 0.25) is 0 Å². The lowest BCUT2D eigenvalue weighted by molar-refractivity contribution is -0.254. The Morgan fingerprint density at radius 2 is 1.87 bits per heavy atom. The number of nitrogens with zero attached hydrogens (tertiary/aromatic N) is 2. The molecule has 1 saturated carbocycles. The monoisotopic (exact) mass is 760 g/mol. The normalized spacial score (nSPS) is 27.5. The smallest absolute Gasteiger partial charge is 0.409 e. The van der Waals surface area contributed by atoms with Gasteiger partial charge in [-0.15, -0.1) is 6.58 Å². The molecule has 2 aromatic carbocycles. The molecule has 2 aliphatic heterocycles. The number of unbranched alkanes of at least 4 members (excludes halogenated alkanes) is 2. The topological polar surface area (TPSA) is 146 Å². The van der Waals surface area contributed by atoms with Gasteiger partial charge in [-0.1, -0.05) is 42.3 Å². The van der Waals surface area contributed by atoms with Gasteiger partial charge in [-0.3, -0.25) is 4.79 Å². The molecule has 12 nitrogen and oxygen atoms in total. The minimum atomic E-state index is -1.38. The highest BCUT2D eigenvalue weighted by atomic mass is 16.8. The summed E-state index contributed by atoms with van der Waals surface area (Å²) in [6, 6.07) is 12.1. The Kier molecular flexibility index (Phi) is 14.0. The molecule has 2 heterocycles. The highest BCUT2D eigenvalue weighted by Crippen LogP contribution is 2.62. The third-order valence-electron chi connectivity index (χ3n) is 11.3. The SMILES string of the molecule is C=CCO[C@@]12Oc3ccc(Oc4cccc(C=O)c4)cc3[C@H]3[C@H](CCCCO)[C@@H](CCCCO)C=C(C(=NOC4CCCCO4)C[C@@H]1N(C)C(=O)OCC)[C@H]32. The van der Waals surface area contributed by atoms with Crippen LogP contribution in [-0.4, -0.2) is 91.4 Å². The van der Waals surface area contributed by atoms with E-state index in [4.69, 9.17) is 33.7 Å². The number of carbonyl (C=O) groups is 2. The van der Waals surface area contributed by atoms with E-state index in [-0.39, 0.29) is 50.6 Å². The summed E-state index contributed by atoms with van der Waals surface area (Å²) < 4.78 is 31.9. The maximum Gasteiger partial charge on any atom is 0.409 e. The number of hydrogen-bond donors (Lipinski definition) is 2. The minimum Gasteiger partial charge on any atom is -0.459 e. The van der Waals surface area contributed by atoms with Crippen LogP contribution in [0.5, 0.6) is 17.2 Å². The second kappa shape index (κ2) is 19.1. The lowest BCUT2D eigenvalue weighted by Crippen LogP contribution is -2.69. The van der Waals surface area contributed by atoms with E-state index in [0.29, 0.717) is 48.0 Å². The summed E-state index contributed by atoms with van der Waals surface area (Å²) in [5, 5.41) is 24.5. The van der Waals surface area contributed by atoms with Gasteiger partial charge in [0.25, 0.3) is 0 Å². The van der Waals surface area contributed by atoms with E-state index < -0.39 is 30.1 Å². The molecule has 0 radical (unpaired) electrons. The molecule has 2 N–H and O–H groups in total. The molecule has 4 aliphatic rings. The van der Waals surface area contributed by atoms with Crippen molar-refractivity contribution in [1.82, 2.24) is 4.90 Å². The summed E-state index contributed by atoms with van der Waals surface area (Å²) in [7, 11) is 1.70. The van der Waals surface area contributed by atoms with E-state index in [2.05, 4.69) is 12.7 Å². The number of rotatable bonds is 18. The van der Waals surface area contributed by atoms with E-state index in [1.54, 1.807) is 43.1 Å². The largest absolute Gasteiger partial charge is 0.459 e. The number of allylic oxidation sites excluding steroid dienone is 1. The van der Waals surface area contributed by atoms with E-state index in [9.17, 15) is 19.8 Å². The average Bonchev–Trinajstić information content (AvgIpc) is 3.21. The second-order valence-corrected chi connectivity index (χ2v) is 14.8. The number of aliphatic hydroxyl groups excluding tert-OH is 2. The van der Waals surface area contributed by atoms with Gasteiger partial charge in [0.2, 0.25) is 12.1 Å². The molecule has 2 fully saturated rings. The minimum absolute atomic E-state index is 0.0532. The van der Waals surface area contributed by atoms with E-state index in [1.807, 2.05) is 24.3 Å². The van der Waals surface area contributed by atoms with Crippen molar-refractivity contribution in [2.75, 3.05) is 40.1 Å². The third-order valence-corrected chi connectivity index (χ3v) is 11.3. The zero-order valence-corrected chi connectivity index (χ0v) is 32.1. The highest BCUT2D eigenvalue weighted by Gasteiger charge is 2.65. The number of oxime groups is 1. The van der Waals surface area contributed by atoms with Gasteiger partial charge in [-0.25, -0.2) is 4.79 Å². The van der Waals surface area contributed by atoms with Crippen molar-refractivity contribution >= 4 is 18.1 Å². The Balaban J connectivity index is 1.55. The number of likely N-dealkylation sites (N-methyl/N-ethyl adjacent to an activating group) is 1. The molecule has 0 aromatic heterocycles. The predicted octanol–water partition coefficient (Wildman–Crippen LogP) is 7.54. The molecular formula is C43H56N2O10. The van der Waals surface area contributed by atoms with Crippen LogP contribution in [-0.2, 0) is 19.0 Å². The van der Waals surface area contributed by atoms with Crippen LogP contribution < -0.4 is 9.47 Å². The first kappa shape index (κ1) is 40.4. The quantitative estimate of drug-likeness (QED) is 0.0677. The maximum absolute atomic E-state index is 13.6. The lowest BCUT2D eigenvalue weighted by atomic mass is 9.55. The number of aldehydes is 1. The van der Waals surface area contributed by atoms with Gasteiger partial charge in [0, 0.05) is 50.1 Å². The van der Waals surface area contributed by atoms with Gasteiger partial charge >= 0.3 is 6.09 Å². The van der Waals surface area contributed by atoms with Crippen LogP contribution >= 0.6 is 0 Å². The molecule has 298 valence electrons. The summed E-state index contributed by atoms with van der Waals surface area (Å²) in [6.07, 6.45) is 11.3. The Bertz CT molecular complexity index is 1690. The summed E-state index contributed by atoms with van der Waals surface area (Å²) in [4.78, 5) is 32.9. The summed E-state index contributed by atoms with van der Waals surface area (Å²) in [5.41, 5.74) is 3.05. The van der Waals surface area contributed by atoms with Crippen LogP contribution in [0.1, 0.15) is 93.0 Å². The van der Waals surface area contributed by atoms with Crippen LogP contribution in [0.4, 0.5) is 4.79 Å². The maximum atomic E-state index is 13.6. The number of ether oxygens (including phenoxy) is 5. The standard InChI is InChI=1S/C43H56N2O10/c1-4-22-52-43-38(45(3)42(49)50-5-2)27-36(44-55-39-17-8-11-23-51-39)34-25-30(14-6-9-20-46)33(16-7-10-21-47)40(41(34)43)35-26-32(18-19-37(35)54-43)53-31-15-12-13-29(24-31)28-48/h4,12-13,15,18-19,24-26,28,30,33,38-41,46-47H,1,5-11,14,16-17,20-23,27H2,2-3H3/t30-,33+,38-,39?,40+,41+,43+/m0/s1. The van der Waals surface area contributed by atoms with E-state index in [1.165, 1.54) is 0 Å². The molecule has 1 amide bonds. The predicted molar refractivity (Wildman–Crippen MR) is 206 cm³/mol. The van der Waals surface area contributed by atoms with Gasteiger partial charge in [-0.05, 0) is 93.2 Å². The number of hydrogen-bond acceptors (Lipinski definition) is 11. The van der Waals surface area contributed by atoms with Gasteiger partial charge in [0.15, 0.2) is 0 Å². The number of benzene rings is 2. The van der Waals surface area contributed by atoms with Crippen molar-refractivity contribution in [3.63, 3.8) is 0 Å². The van der Waals surface area contributed by atoms with Crippen LogP contribution in [0.15, 0.2) is 71.9 Å². The van der Waals surface area contributed by atoms with Crippen molar-refractivity contribution in [1.29, 1.82) is 0 Å².